The molecule has 0 bridgehead atoms. The van der Waals surface area contributed by atoms with Gasteiger partial charge in [0.25, 0.3) is 0 Å². The molecule has 154 valence electrons. The van der Waals surface area contributed by atoms with Crippen LogP contribution in [0.2, 0.25) is 0 Å². The summed E-state index contributed by atoms with van der Waals surface area (Å²) in [5, 5.41) is 4.96. The van der Waals surface area contributed by atoms with Gasteiger partial charge in [-0.15, -0.1) is 0 Å². The van der Waals surface area contributed by atoms with Gasteiger partial charge in [-0.1, -0.05) is 30.3 Å². The van der Waals surface area contributed by atoms with Gasteiger partial charge in [-0.05, 0) is 42.7 Å². The van der Waals surface area contributed by atoms with Crippen molar-refractivity contribution in [2.45, 2.75) is 30.3 Å². The van der Waals surface area contributed by atoms with Crippen LogP contribution in [-0.2, 0) is 26.2 Å². The van der Waals surface area contributed by atoms with Gasteiger partial charge in [-0.2, -0.15) is 4.31 Å². The Morgan fingerprint density at radius 2 is 1.66 bits per heavy atom. The molecule has 3 rings (SSSR count). The normalized spacial score (nSPS) is 17.1. The molecule has 1 fully saturated rings. The molecule has 7 nitrogen and oxygen atoms in total. The van der Waals surface area contributed by atoms with Gasteiger partial charge >= 0.3 is 11.8 Å². The lowest BCUT2D eigenvalue weighted by Crippen LogP contribution is -2.46. The summed E-state index contributed by atoms with van der Waals surface area (Å²) in [6.07, 6.45) is 1.28. The molecule has 2 N–H and O–H groups in total. The molecule has 0 aliphatic carbocycles. The first-order valence-corrected chi connectivity index (χ1v) is 10.7. The third-order valence-corrected chi connectivity index (χ3v) is 6.71. The summed E-state index contributed by atoms with van der Waals surface area (Å²) in [6.45, 7) is 0.508. The van der Waals surface area contributed by atoms with Crippen molar-refractivity contribution in [1.29, 1.82) is 0 Å². The first-order valence-electron chi connectivity index (χ1n) is 9.25. The summed E-state index contributed by atoms with van der Waals surface area (Å²) < 4.78 is 39.9. The average Bonchev–Trinajstić information content (AvgIpc) is 3.21. The Bertz CT molecular complexity index is 965. The van der Waals surface area contributed by atoms with Crippen LogP contribution in [0.1, 0.15) is 18.4 Å². The highest BCUT2D eigenvalue weighted by molar-refractivity contribution is 7.89. The van der Waals surface area contributed by atoms with Gasteiger partial charge in [0.05, 0.1) is 4.90 Å². The average molecular weight is 419 g/mol. The predicted octanol–water partition coefficient (Wildman–Crippen LogP) is 1.41. The maximum atomic E-state index is 12.9. The Balaban J connectivity index is 1.53. The first-order chi connectivity index (χ1) is 13.9. The fraction of sp³-hybridized carbons (Fsp3) is 0.300. The number of halogens is 1. The molecular weight excluding hydrogens is 397 g/mol. The minimum atomic E-state index is -3.65. The van der Waals surface area contributed by atoms with Crippen LogP contribution in [0.3, 0.4) is 0 Å². The number of hydrogen-bond acceptors (Lipinski definition) is 4. The summed E-state index contributed by atoms with van der Waals surface area (Å²) in [7, 11) is -3.65. The monoisotopic (exact) mass is 419 g/mol. The van der Waals surface area contributed by atoms with Crippen LogP contribution in [0.25, 0.3) is 0 Å². The highest BCUT2D eigenvalue weighted by Crippen LogP contribution is 2.25. The molecule has 1 aliphatic rings. The second-order valence-corrected chi connectivity index (χ2v) is 8.63. The number of carbonyl (C=O) groups is 2. The van der Waals surface area contributed by atoms with Crippen molar-refractivity contribution in [3.05, 3.63) is 66.0 Å². The Morgan fingerprint density at radius 3 is 2.34 bits per heavy atom. The van der Waals surface area contributed by atoms with Gasteiger partial charge in [-0.3, -0.25) is 9.59 Å². The van der Waals surface area contributed by atoms with Crippen molar-refractivity contribution >= 4 is 21.8 Å². The van der Waals surface area contributed by atoms with Gasteiger partial charge < -0.3 is 10.6 Å². The van der Waals surface area contributed by atoms with E-state index in [0.717, 1.165) is 0 Å². The molecule has 1 saturated heterocycles. The Morgan fingerprint density at radius 1 is 1.00 bits per heavy atom. The maximum absolute atomic E-state index is 12.9. The van der Waals surface area contributed by atoms with E-state index >= 15 is 0 Å². The minimum Gasteiger partial charge on any atom is -0.346 e. The smallest absolute Gasteiger partial charge is 0.309 e. The molecule has 0 unspecified atom stereocenters. The number of carbonyl (C=O) groups excluding carboxylic acids is 2. The topological polar surface area (TPSA) is 95.6 Å². The van der Waals surface area contributed by atoms with Crippen molar-refractivity contribution in [1.82, 2.24) is 14.9 Å². The Kier molecular flexibility index (Phi) is 6.60. The summed E-state index contributed by atoms with van der Waals surface area (Å²) in [5.41, 5.74) is 0.656. The van der Waals surface area contributed by atoms with Crippen molar-refractivity contribution < 1.29 is 22.4 Å². The SMILES string of the molecule is O=C(NCc1ccc(F)cc1)C(=O)NC[C@H]1CCCN1S(=O)(=O)c1ccccc1. The minimum absolute atomic E-state index is 0.0505. The van der Waals surface area contributed by atoms with E-state index in [-0.39, 0.29) is 23.8 Å². The molecule has 2 aromatic rings. The van der Waals surface area contributed by atoms with Crippen LogP contribution in [-0.4, -0.2) is 43.7 Å². The summed E-state index contributed by atoms with van der Waals surface area (Å²) in [6, 6.07) is 13.3. The highest BCUT2D eigenvalue weighted by Gasteiger charge is 2.35. The number of nitrogens with one attached hydrogen (secondary N) is 2. The van der Waals surface area contributed by atoms with Crippen LogP contribution in [0.5, 0.6) is 0 Å². The third-order valence-electron chi connectivity index (χ3n) is 4.74. The Labute approximate surface area is 169 Å². The molecule has 1 aliphatic heterocycles. The van der Waals surface area contributed by atoms with E-state index in [9.17, 15) is 22.4 Å². The zero-order chi connectivity index (χ0) is 20.9. The van der Waals surface area contributed by atoms with E-state index in [1.54, 1.807) is 18.2 Å². The molecule has 0 saturated carbocycles. The number of rotatable bonds is 6. The summed E-state index contributed by atoms with van der Waals surface area (Å²) >= 11 is 0. The van der Waals surface area contributed by atoms with E-state index in [1.165, 1.54) is 40.7 Å². The fourth-order valence-electron chi connectivity index (χ4n) is 3.21. The van der Waals surface area contributed by atoms with Gasteiger partial charge in [0.2, 0.25) is 10.0 Å². The standard InChI is InChI=1S/C20H22FN3O4S/c21-16-10-8-15(9-11-16)13-22-19(25)20(26)23-14-17-5-4-12-24(17)29(27,28)18-6-2-1-3-7-18/h1-3,6-11,17H,4-5,12-14H2,(H,22,25)(H,23,26)/t17-/m1/s1. The lowest BCUT2D eigenvalue weighted by Gasteiger charge is -2.24. The largest absolute Gasteiger partial charge is 0.346 e. The van der Waals surface area contributed by atoms with Gasteiger partial charge in [0, 0.05) is 25.7 Å². The highest BCUT2D eigenvalue weighted by atomic mass is 32.2. The molecule has 0 aromatic heterocycles. The molecular formula is C20H22FN3O4S. The zero-order valence-electron chi connectivity index (χ0n) is 15.7. The van der Waals surface area contributed by atoms with Gasteiger partial charge in [-0.25, -0.2) is 12.8 Å². The van der Waals surface area contributed by atoms with Crippen LogP contribution >= 0.6 is 0 Å². The molecule has 1 atom stereocenters. The fourth-order valence-corrected chi connectivity index (χ4v) is 4.93. The van der Waals surface area contributed by atoms with Crippen LogP contribution < -0.4 is 10.6 Å². The quantitative estimate of drug-likeness (QED) is 0.692. The van der Waals surface area contributed by atoms with Crippen molar-refractivity contribution in [2.24, 2.45) is 0 Å². The second kappa shape index (κ2) is 9.15. The zero-order valence-corrected chi connectivity index (χ0v) is 16.5. The lowest BCUT2D eigenvalue weighted by atomic mass is 10.2. The van der Waals surface area contributed by atoms with Crippen LogP contribution in [0, 0.1) is 5.82 Å². The molecule has 0 radical (unpaired) electrons. The molecule has 2 aromatic carbocycles. The number of nitrogens with zero attached hydrogens (tertiary/aromatic N) is 1. The number of benzene rings is 2. The maximum Gasteiger partial charge on any atom is 0.309 e. The van der Waals surface area contributed by atoms with Crippen molar-refractivity contribution in [3.63, 3.8) is 0 Å². The Hall–Kier alpha value is -2.78. The summed E-state index contributed by atoms with van der Waals surface area (Å²) in [4.78, 5) is 24.2. The van der Waals surface area contributed by atoms with Crippen molar-refractivity contribution in [3.8, 4) is 0 Å². The van der Waals surface area contributed by atoms with E-state index in [1.807, 2.05) is 0 Å². The number of amides is 2. The summed E-state index contributed by atoms with van der Waals surface area (Å²) in [5.74, 6) is -2.05. The van der Waals surface area contributed by atoms with E-state index < -0.39 is 27.9 Å². The third kappa shape index (κ3) is 5.18. The van der Waals surface area contributed by atoms with E-state index in [0.29, 0.717) is 24.9 Å². The van der Waals surface area contributed by atoms with E-state index in [4.69, 9.17) is 0 Å². The molecule has 2 amide bonds. The van der Waals surface area contributed by atoms with Crippen molar-refractivity contribution in [2.75, 3.05) is 13.1 Å². The number of hydrogen-bond donors (Lipinski definition) is 2. The first kappa shape index (κ1) is 20.9. The predicted molar refractivity (Wildman–Crippen MR) is 105 cm³/mol. The number of sulfonamides is 1. The van der Waals surface area contributed by atoms with Crippen LogP contribution in [0.15, 0.2) is 59.5 Å². The molecule has 9 heteroatoms. The van der Waals surface area contributed by atoms with Gasteiger partial charge in [0.1, 0.15) is 5.82 Å². The van der Waals surface area contributed by atoms with Crippen LogP contribution in [0.4, 0.5) is 4.39 Å². The molecule has 1 heterocycles. The van der Waals surface area contributed by atoms with Gasteiger partial charge in [0.15, 0.2) is 0 Å². The molecule has 0 spiro atoms. The molecule has 29 heavy (non-hydrogen) atoms. The lowest BCUT2D eigenvalue weighted by molar-refractivity contribution is -0.139. The van der Waals surface area contributed by atoms with E-state index in [2.05, 4.69) is 10.6 Å². The second-order valence-electron chi connectivity index (χ2n) is 6.74.